The van der Waals surface area contributed by atoms with Gasteiger partial charge in [0.05, 0.1) is 18.1 Å². The Morgan fingerprint density at radius 2 is 1.82 bits per heavy atom. The van der Waals surface area contributed by atoms with Crippen molar-refractivity contribution >= 4 is 17.3 Å². The van der Waals surface area contributed by atoms with E-state index in [1.807, 2.05) is 18.2 Å². The van der Waals surface area contributed by atoms with Gasteiger partial charge in [0.15, 0.2) is 5.75 Å². The second-order valence-corrected chi connectivity index (χ2v) is 5.90. The fourth-order valence-electron chi connectivity index (χ4n) is 2.58. The Bertz CT molecular complexity index is 989. The first-order valence-corrected chi connectivity index (χ1v) is 8.47. The minimum absolute atomic E-state index is 0.0830. The lowest BCUT2D eigenvalue weighted by molar-refractivity contribution is -0.386. The second-order valence-electron chi connectivity index (χ2n) is 5.90. The molecule has 0 atom stereocenters. The Kier molecular flexibility index (Phi) is 5.86. The highest BCUT2D eigenvalue weighted by molar-refractivity contribution is 6.04. The molecule has 0 spiro atoms. The predicted molar refractivity (Wildman–Crippen MR) is 105 cm³/mol. The number of carbonyl (C=O) groups excluding carboxylic acids is 1. The maximum atomic E-state index is 12.4. The number of nitro groups is 1. The van der Waals surface area contributed by atoms with Crippen molar-refractivity contribution in [3.63, 3.8) is 0 Å². The summed E-state index contributed by atoms with van der Waals surface area (Å²) in [6.45, 7) is 0.0830. The number of nitro benzene ring substituents is 1. The van der Waals surface area contributed by atoms with E-state index < -0.39 is 4.92 Å². The lowest BCUT2D eigenvalue weighted by Crippen LogP contribution is -2.12. The molecule has 3 rings (SSSR count). The van der Waals surface area contributed by atoms with E-state index in [1.54, 1.807) is 42.5 Å². The minimum Gasteiger partial charge on any atom is -0.496 e. The Balaban J connectivity index is 1.71. The van der Waals surface area contributed by atoms with Gasteiger partial charge in [0.2, 0.25) is 0 Å². The summed E-state index contributed by atoms with van der Waals surface area (Å²) >= 11 is 0. The van der Waals surface area contributed by atoms with E-state index in [0.29, 0.717) is 22.6 Å². The summed E-state index contributed by atoms with van der Waals surface area (Å²) in [5.41, 5.74) is 1.69. The zero-order valence-corrected chi connectivity index (χ0v) is 15.1. The Morgan fingerprint density at radius 1 is 1.04 bits per heavy atom. The quantitative estimate of drug-likeness (QED) is 0.485. The number of rotatable bonds is 7. The summed E-state index contributed by atoms with van der Waals surface area (Å²) in [6, 6.07) is 20.4. The van der Waals surface area contributed by atoms with E-state index in [9.17, 15) is 14.9 Å². The third-order valence-electron chi connectivity index (χ3n) is 3.98. The van der Waals surface area contributed by atoms with Crippen molar-refractivity contribution in [2.24, 2.45) is 0 Å². The normalized spacial score (nSPS) is 10.2. The maximum Gasteiger partial charge on any atom is 0.314 e. The van der Waals surface area contributed by atoms with E-state index in [0.717, 1.165) is 0 Å². The molecule has 1 N–H and O–H groups in total. The lowest BCUT2D eigenvalue weighted by atomic mass is 10.1. The number of nitrogens with one attached hydrogen (secondary N) is 1. The number of hydrogen-bond acceptors (Lipinski definition) is 5. The van der Waals surface area contributed by atoms with Gasteiger partial charge < -0.3 is 14.8 Å². The first kappa shape index (κ1) is 18.9. The van der Waals surface area contributed by atoms with Gasteiger partial charge in [-0.25, -0.2) is 0 Å². The van der Waals surface area contributed by atoms with Crippen molar-refractivity contribution in [2.45, 2.75) is 6.61 Å². The number of benzene rings is 3. The van der Waals surface area contributed by atoms with Crippen molar-refractivity contribution in [1.29, 1.82) is 0 Å². The molecule has 3 aromatic carbocycles. The van der Waals surface area contributed by atoms with Crippen LogP contribution in [0.15, 0.2) is 72.8 Å². The van der Waals surface area contributed by atoms with Crippen molar-refractivity contribution in [3.8, 4) is 11.5 Å². The average Bonchev–Trinajstić information content (AvgIpc) is 2.73. The van der Waals surface area contributed by atoms with Gasteiger partial charge in [0.1, 0.15) is 12.4 Å². The van der Waals surface area contributed by atoms with E-state index in [1.165, 1.54) is 19.2 Å². The smallest absolute Gasteiger partial charge is 0.314 e. The molecule has 7 nitrogen and oxygen atoms in total. The van der Waals surface area contributed by atoms with Gasteiger partial charge in [0.25, 0.3) is 5.91 Å². The molecule has 7 heteroatoms. The number of methoxy groups -OCH3 is 1. The zero-order chi connectivity index (χ0) is 19.9. The summed E-state index contributed by atoms with van der Waals surface area (Å²) < 4.78 is 10.6. The number of nitrogens with zero attached hydrogens (tertiary/aromatic N) is 1. The topological polar surface area (TPSA) is 90.7 Å². The molecule has 142 valence electrons. The first-order chi connectivity index (χ1) is 13.6. The van der Waals surface area contributed by atoms with Crippen LogP contribution in [0.3, 0.4) is 0 Å². The summed E-state index contributed by atoms with van der Waals surface area (Å²) in [6.07, 6.45) is 0. The number of carbonyl (C=O) groups is 1. The van der Waals surface area contributed by atoms with Crippen LogP contribution < -0.4 is 14.8 Å². The molecule has 0 heterocycles. The molecule has 1 amide bonds. The average molecular weight is 378 g/mol. The van der Waals surface area contributed by atoms with Crippen LogP contribution in [0.4, 0.5) is 11.4 Å². The SMILES string of the molecule is COc1ccc(OCc2cccc(C(=O)Nc3ccccc3)c2)c([N+](=O)[O-])c1. The maximum absolute atomic E-state index is 12.4. The number of anilines is 1. The van der Waals surface area contributed by atoms with Crippen LogP contribution in [0.5, 0.6) is 11.5 Å². The largest absolute Gasteiger partial charge is 0.496 e. The fourth-order valence-corrected chi connectivity index (χ4v) is 2.58. The Hall–Kier alpha value is -3.87. The molecule has 0 aliphatic rings. The molecule has 0 aromatic heterocycles. The Labute approximate surface area is 161 Å². The number of amides is 1. The van der Waals surface area contributed by atoms with Gasteiger partial charge in [-0.15, -0.1) is 0 Å². The van der Waals surface area contributed by atoms with Gasteiger partial charge in [-0.3, -0.25) is 14.9 Å². The van der Waals surface area contributed by atoms with Gasteiger partial charge in [0, 0.05) is 11.3 Å². The number of hydrogen-bond donors (Lipinski definition) is 1. The van der Waals surface area contributed by atoms with Gasteiger partial charge in [-0.2, -0.15) is 0 Å². The molecule has 0 unspecified atom stereocenters. The van der Waals surface area contributed by atoms with E-state index in [4.69, 9.17) is 9.47 Å². The molecule has 3 aromatic rings. The molecule has 0 aliphatic heterocycles. The predicted octanol–water partition coefficient (Wildman–Crippen LogP) is 4.43. The van der Waals surface area contributed by atoms with Crippen molar-refractivity contribution < 1.29 is 19.2 Å². The van der Waals surface area contributed by atoms with Crippen molar-refractivity contribution in [1.82, 2.24) is 0 Å². The van der Waals surface area contributed by atoms with Crippen LogP contribution in [0.25, 0.3) is 0 Å². The van der Waals surface area contributed by atoms with Crippen LogP contribution in [0.2, 0.25) is 0 Å². The third kappa shape index (κ3) is 4.64. The monoisotopic (exact) mass is 378 g/mol. The number of ether oxygens (including phenoxy) is 2. The van der Waals surface area contributed by atoms with Crippen LogP contribution in [0.1, 0.15) is 15.9 Å². The summed E-state index contributed by atoms with van der Waals surface area (Å²) in [4.78, 5) is 23.1. The van der Waals surface area contributed by atoms with Gasteiger partial charge in [-0.1, -0.05) is 30.3 Å². The standard InChI is InChI=1S/C21H18N2O5/c1-27-18-10-11-20(19(13-18)23(25)26)28-14-15-6-5-7-16(12-15)21(24)22-17-8-3-2-4-9-17/h2-13H,14H2,1H3,(H,22,24). The molecule has 28 heavy (non-hydrogen) atoms. The molecule has 0 radical (unpaired) electrons. The molecule has 0 saturated heterocycles. The highest BCUT2D eigenvalue weighted by Gasteiger charge is 2.17. The molecule has 0 fully saturated rings. The minimum atomic E-state index is -0.526. The third-order valence-corrected chi connectivity index (χ3v) is 3.98. The fraction of sp³-hybridized carbons (Fsp3) is 0.0952. The summed E-state index contributed by atoms with van der Waals surface area (Å²) in [5, 5.41) is 14.0. The molecule has 0 aliphatic carbocycles. The molecule has 0 saturated carbocycles. The summed E-state index contributed by atoms with van der Waals surface area (Å²) in [7, 11) is 1.44. The zero-order valence-electron chi connectivity index (χ0n) is 15.1. The van der Waals surface area contributed by atoms with E-state index in [2.05, 4.69) is 5.32 Å². The van der Waals surface area contributed by atoms with E-state index >= 15 is 0 Å². The summed E-state index contributed by atoms with van der Waals surface area (Å²) in [5.74, 6) is 0.257. The lowest BCUT2D eigenvalue weighted by Gasteiger charge is -2.10. The van der Waals surface area contributed by atoms with Crippen LogP contribution >= 0.6 is 0 Å². The molecular weight excluding hydrogens is 360 g/mol. The first-order valence-electron chi connectivity index (χ1n) is 8.47. The van der Waals surface area contributed by atoms with Gasteiger partial charge >= 0.3 is 5.69 Å². The molecular formula is C21H18N2O5. The van der Waals surface area contributed by atoms with Crippen LogP contribution in [0, 0.1) is 10.1 Å². The highest BCUT2D eigenvalue weighted by Crippen LogP contribution is 2.31. The Morgan fingerprint density at radius 3 is 2.54 bits per heavy atom. The van der Waals surface area contributed by atoms with Gasteiger partial charge in [-0.05, 0) is 42.0 Å². The number of para-hydroxylation sites is 1. The highest BCUT2D eigenvalue weighted by atomic mass is 16.6. The second kappa shape index (κ2) is 8.68. The van der Waals surface area contributed by atoms with E-state index in [-0.39, 0.29) is 24.0 Å². The molecule has 0 bridgehead atoms. The van der Waals surface area contributed by atoms with Crippen molar-refractivity contribution in [2.75, 3.05) is 12.4 Å². The van der Waals surface area contributed by atoms with Crippen molar-refractivity contribution in [3.05, 3.63) is 94.0 Å². The van der Waals surface area contributed by atoms with Crippen LogP contribution in [-0.4, -0.2) is 17.9 Å². The van der Waals surface area contributed by atoms with Crippen LogP contribution in [-0.2, 0) is 6.61 Å².